The molecule has 1 unspecified atom stereocenters. The molecule has 3 fully saturated rings. The lowest BCUT2D eigenvalue weighted by Gasteiger charge is -2.52. The van der Waals surface area contributed by atoms with Gasteiger partial charge >= 0.3 is 0 Å². The zero-order chi connectivity index (χ0) is 21.5. The molecule has 0 aliphatic carbocycles. The first-order valence-electron chi connectivity index (χ1n) is 10.9. The summed E-state index contributed by atoms with van der Waals surface area (Å²) in [5.41, 5.74) is 1.58. The molecule has 1 amide bonds. The van der Waals surface area contributed by atoms with Crippen molar-refractivity contribution in [3.63, 3.8) is 0 Å². The maximum atomic E-state index is 13.1. The minimum absolute atomic E-state index is 0.0725. The van der Waals surface area contributed by atoms with Crippen LogP contribution in [0, 0.1) is 17.3 Å². The molecule has 5 atom stereocenters. The summed E-state index contributed by atoms with van der Waals surface area (Å²) in [6.45, 7) is 12.1. The van der Waals surface area contributed by atoms with Crippen LogP contribution in [0.4, 0.5) is 0 Å². The van der Waals surface area contributed by atoms with Crippen LogP contribution in [-0.2, 0) is 4.79 Å². The first kappa shape index (κ1) is 20.9. The van der Waals surface area contributed by atoms with E-state index in [1.54, 1.807) is 7.11 Å². The van der Waals surface area contributed by atoms with Crippen LogP contribution in [0.1, 0.15) is 45.2 Å². The van der Waals surface area contributed by atoms with Crippen molar-refractivity contribution < 1.29 is 9.53 Å². The molecule has 0 saturated carbocycles. The summed E-state index contributed by atoms with van der Waals surface area (Å²) in [5, 5.41) is 4.46. The molecule has 5 rings (SSSR count). The van der Waals surface area contributed by atoms with Crippen LogP contribution < -0.4 is 10.1 Å². The highest BCUT2D eigenvalue weighted by atomic mass is 16.5. The number of piperidine rings is 3. The number of benzene rings is 1. The van der Waals surface area contributed by atoms with Crippen LogP contribution in [0.2, 0.25) is 0 Å². The van der Waals surface area contributed by atoms with Gasteiger partial charge in [-0.2, -0.15) is 0 Å². The summed E-state index contributed by atoms with van der Waals surface area (Å²) in [4.78, 5) is 20.2. The fraction of sp³-hybridized carbons (Fsp3) is 0.520. The zero-order valence-corrected chi connectivity index (χ0v) is 18.5. The number of pyridine rings is 1. The highest BCUT2D eigenvalue weighted by Gasteiger charge is 2.43. The van der Waals surface area contributed by atoms with Gasteiger partial charge in [0.05, 0.1) is 18.7 Å². The average molecular weight is 408 g/mol. The Kier molecular flexibility index (Phi) is 5.58. The van der Waals surface area contributed by atoms with E-state index >= 15 is 0 Å². The van der Waals surface area contributed by atoms with E-state index in [4.69, 9.17) is 4.74 Å². The minimum Gasteiger partial charge on any atom is -0.497 e. The Morgan fingerprint density at radius 3 is 2.80 bits per heavy atom. The third-order valence-electron chi connectivity index (χ3n) is 6.82. The van der Waals surface area contributed by atoms with Gasteiger partial charge < -0.3 is 10.1 Å². The minimum atomic E-state index is -0.453. The molecule has 30 heavy (non-hydrogen) atoms. The molecule has 0 radical (unpaired) electrons. The molecule has 2 aromatic rings. The van der Waals surface area contributed by atoms with E-state index in [9.17, 15) is 4.79 Å². The van der Waals surface area contributed by atoms with Crippen molar-refractivity contribution in [1.82, 2.24) is 15.2 Å². The van der Waals surface area contributed by atoms with E-state index in [1.807, 2.05) is 45.2 Å². The molecule has 5 heteroatoms. The Bertz CT molecular complexity index is 949. The first-order chi connectivity index (χ1) is 14.3. The second-order valence-corrected chi connectivity index (χ2v) is 9.73. The van der Waals surface area contributed by atoms with Crippen LogP contribution in [0.3, 0.4) is 0 Å². The summed E-state index contributed by atoms with van der Waals surface area (Å²) >= 11 is 0. The predicted molar refractivity (Wildman–Crippen MR) is 120 cm³/mol. The van der Waals surface area contributed by atoms with Crippen LogP contribution in [-0.4, -0.2) is 42.0 Å². The van der Waals surface area contributed by atoms with Crippen molar-refractivity contribution in [2.45, 2.75) is 45.7 Å². The lowest BCUT2D eigenvalue weighted by Crippen LogP contribution is -2.58. The topological polar surface area (TPSA) is 54.5 Å². The van der Waals surface area contributed by atoms with Gasteiger partial charge in [0.15, 0.2) is 0 Å². The molecule has 4 heterocycles. The summed E-state index contributed by atoms with van der Waals surface area (Å²) in [5.74, 6) is 2.05. The molecule has 3 aliphatic heterocycles. The van der Waals surface area contributed by atoms with E-state index in [1.165, 1.54) is 6.42 Å². The van der Waals surface area contributed by atoms with Gasteiger partial charge in [-0.25, -0.2) is 0 Å². The van der Waals surface area contributed by atoms with Gasteiger partial charge in [-0.1, -0.05) is 26.8 Å². The number of ether oxygens (including phenoxy) is 1. The largest absolute Gasteiger partial charge is 0.497 e. The van der Waals surface area contributed by atoms with Gasteiger partial charge in [0.1, 0.15) is 5.75 Å². The molecule has 3 aliphatic rings. The summed E-state index contributed by atoms with van der Waals surface area (Å²) in [6.07, 6.45) is 6.24. The van der Waals surface area contributed by atoms with Gasteiger partial charge in [-0.3, -0.25) is 14.7 Å². The van der Waals surface area contributed by atoms with E-state index in [0.717, 1.165) is 41.7 Å². The number of rotatable bonds is 5. The number of hydrogen-bond acceptors (Lipinski definition) is 4. The van der Waals surface area contributed by atoms with E-state index in [0.29, 0.717) is 11.8 Å². The highest BCUT2D eigenvalue weighted by Crippen LogP contribution is 2.42. The number of amides is 1. The Labute approximate surface area is 179 Å². The Hall–Kier alpha value is -2.40. The molecule has 5 nitrogen and oxygen atoms in total. The molecule has 2 bridgehead atoms. The van der Waals surface area contributed by atoms with Crippen molar-refractivity contribution in [2.75, 3.05) is 20.2 Å². The monoisotopic (exact) mass is 407 g/mol. The molecular formula is C25H33N3O2. The third-order valence-corrected chi connectivity index (χ3v) is 6.82. The lowest BCUT2D eigenvalue weighted by molar-refractivity contribution is -0.130. The molecule has 1 N–H and O–H groups in total. The van der Waals surface area contributed by atoms with Gasteiger partial charge in [-0.05, 0) is 61.1 Å². The highest BCUT2D eigenvalue weighted by molar-refractivity contribution is 5.86. The van der Waals surface area contributed by atoms with Gasteiger partial charge in [0.2, 0.25) is 5.91 Å². The molecule has 1 aromatic heterocycles. The fourth-order valence-corrected chi connectivity index (χ4v) is 5.01. The van der Waals surface area contributed by atoms with E-state index in [2.05, 4.69) is 33.9 Å². The number of aromatic nitrogens is 1. The van der Waals surface area contributed by atoms with E-state index in [-0.39, 0.29) is 18.0 Å². The molecular weight excluding hydrogens is 374 g/mol. The van der Waals surface area contributed by atoms with Crippen molar-refractivity contribution in [2.24, 2.45) is 17.3 Å². The summed E-state index contributed by atoms with van der Waals surface area (Å²) in [7, 11) is 1.68. The lowest BCUT2D eigenvalue weighted by atomic mass is 9.73. The van der Waals surface area contributed by atoms with Crippen LogP contribution in [0.5, 0.6) is 5.75 Å². The standard InChI is InChI=1S/C25H33N3O2/c1-6-16-15-28-12-10-17(16)13-22(28)23(27-24(29)25(2,3)4)19-9-11-26-21-8-7-18(30-5)14-20(19)21/h6-9,11,14,16-17,22-23H,1,10,12-13,15H2,2-5H3,(H,27,29)/t16-,17-,22-,23-/m0/s1. The van der Waals surface area contributed by atoms with Crippen molar-refractivity contribution in [3.05, 3.63) is 48.7 Å². The fourth-order valence-electron chi connectivity index (χ4n) is 5.01. The second kappa shape index (κ2) is 8.03. The third kappa shape index (κ3) is 3.83. The summed E-state index contributed by atoms with van der Waals surface area (Å²) in [6, 6.07) is 8.19. The van der Waals surface area contributed by atoms with Gasteiger partial charge in [0.25, 0.3) is 0 Å². The molecule has 3 saturated heterocycles. The number of methoxy groups -OCH3 is 1. The van der Waals surface area contributed by atoms with Crippen LogP contribution in [0.25, 0.3) is 10.9 Å². The number of hydrogen-bond donors (Lipinski definition) is 1. The maximum absolute atomic E-state index is 13.1. The van der Waals surface area contributed by atoms with Gasteiger partial charge in [-0.15, -0.1) is 6.58 Å². The predicted octanol–water partition coefficient (Wildman–Crippen LogP) is 4.34. The Morgan fingerprint density at radius 2 is 2.17 bits per heavy atom. The molecule has 160 valence electrons. The van der Waals surface area contributed by atoms with Crippen LogP contribution >= 0.6 is 0 Å². The van der Waals surface area contributed by atoms with Crippen molar-refractivity contribution in [1.29, 1.82) is 0 Å². The molecule has 1 aromatic carbocycles. The van der Waals surface area contributed by atoms with E-state index < -0.39 is 5.41 Å². The smallest absolute Gasteiger partial charge is 0.225 e. The number of nitrogens with zero attached hydrogens (tertiary/aromatic N) is 2. The van der Waals surface area contributed by atoms with Crippen molar-refractivity contribution >= 4 is 16.8 Å². The van der Waals surface area contributed by atoms with Crippen molar-refractivity contribution in [3.8, 4) is 5.75 Å². The van der Waals surface area contributed by atoms with Crippen LogP contribution in [0.15, 0.2) is 43.1 Å². The first-order valence-corrected chi connectivity index (χ1v) is 10.9. The SMILES string of the molecule is C=C[C@H]1CN2CC[C@H]1C[C@H]2[C@@H](NC(=O)C(C)(C)C)c1ccnc2ccc(OC)cc12. The average Bonchev–Trinajstić information content (AvgIpc) is 2.76. The van der Waals surface area contributed by atoms with Gasteiger partial charge in [0, 0.05) is 29.6 Å². The number of fused-ring (bicyclic) bond motifs is 4. The number of carbonyl (C=O) groups is 1. The zero-order valence-electron chi connectivity index (χ0n) is 18.5. The Balaban J connectivity index is 1.78. The second-order valence-electron chi connectivity index (χ2n) is 9.73. The maximum Gasteiger partial charge on any atom is 0.225 e. The summed E-state index contributed by atoms with van der Waals surface area (Å²) < 4.78 is 5.48. The molecule has 0 spiro atoms. The number of carbonyl (C=O) groups excluding carboxylic acids is 1. The quantitative estimate of drug-likeness (QED) is 0.749. The Morgan fingerprint density at radius 1 is 1.37 bits per heavy atom. The normalized spacial score (nSPS) is 26.9. The number of nitrogens with one attached hydrogen (secondary N) is 1.